The smallest absolute Gasteiger partial charge is 0.207 e. The zero-order valence-corrected chi connectivity index (χ0v) is 7.52. The van der Waals surface area contributed by atoms with Gasteiger partial charge in [-0.3, -0.25) is 4.79 Å². The van der Waals surface area contributed by atoms with Gasteiger partial charge in [0.15, 0.2) is 0 Å². The van der Waals surface area contributed by atoms with Gasteiger partial charge in [0.25, 0.3) is 0 Å². The van der Waals surface area contributed by atoms with E-state index in [1.165, 1.54) is 0 Å². The van der Waals surface area contributed by atoms with Crippen molar-refractivity contribution in [2.24, 2.45) is 0 Å². The molecule has 0 rings (SSSR count). The lowest BCUT2D eigenvalue weighted by Crippen LogP contribution is -2.37. The summed E-state index contributed by atoms with van der Waals surface area (Å²) in [4.78, 5) is 9.96. The SMILES string of the molecule is CCCOC(C)(C)CNC=O. The summed E-state index contributed by atoms with van der Waals surface area (Å²) in [5.74, 6) is 0. The van der Waals surface area contributed by atoms with Crippen LogP contribution < -0.4 is 5.32 Å². The van der Waals surface area contributed by atoms with Crippen LogP contribution in [0, 0.1) is 0 Å². The minimum absolute atomic E-state index is 0.239. The molecule has 0 heterocycles. The average Bonchev–Trinajstić information content (AvgIpc) is 1.97. The number of amides is 1. The second kappa shape index (κ2) is 5.13. The molecule has 0 fully saturated rings. The van der Waals surface area contributed by atoms with Gasteiger partial charge in [-0.25, -0.2) is 0 Å². The molecule has 0 aliphatic heterocycles. The Kier molecular flexibility index (Phi) is 4.86. The third-order valence-electron chi connectivity index (χ3n) is 1.31. The lowest BCUT2D eigenvalue weighted by atomic mass is 10.1. The van der Waals surface area contributed by atoms with Gasteiger partial charge in [-0.15, -0.1) is 0 Å². The molecule has 0 aliphatic rings. The highest BCUT2D eigenvalue weighted by molar-refractivity contribution is 5.45. The Labute approximate surface area is 68.1 Å². The third-order valence-corrected chi connectivity index (χ3v) is 1.31. The number of nitrogens with one attached hydrogen (secondary N) is 1. The molecule has 0 bridgehead atoms. The highest BCUT2D eigenvalue weighted by Gasteiger charge is 2.16. The van der Waals surface area contributed by atoms with Crippen LogP contribution in [0.3, 0.4) is 0 Å². The molecule has 0 aromatic heterocycles. The van der Waals surface area contributed by atoms with Crippen molar-refractivity contribution in [2.45, 2.75) is 32.8 Å². The van der Waals surface area contributed by atoms with Crippen molar-refractivity contribution in [1.29, 1.82) is 0 Å². The maximum absolute atomic E-state index is 9.96. The maximum Gasteiger partial charge on any atom is 0.207 e. The molecule has 0 saturated heterocycles. The van der Waals surface area contributed by atoms with Crippen LogP contribution in [-0.2, 0) is 9.53 Å². The van der Waals surface area contributed by atoms with E-state index in [4.69, 9.17) is 4.74 Å². The zero-order valence-electron chi connectivity index (χ0n) is 7.52. The monoisotopic (exact) mass is 159 g/mol. The van der Waals surface area contributed by atoms with Gasteiger partial charge in [-0.1, -0.05) is 6.92 Å². The molecule has 0 aromatic carbocycles. The van der Waals surface area contributed by atoms with Gasteiger partial charge in [-0.2, -0.15) is 0 Å². The minimum atomic E-state index is -0.239. The molecular formula is C8H17NO2. The molecule has 0 unspecified atom stereocenters. The summed E-state index contributed by atoms with van der Waals surface area (Å²) in [6, 6.07) is 0. The summed E-state index contributed by atoms with van der Waals surface area (Å²) >= 11 is 0. The van der Waals surface area contributed by atoms with Crippen molar-refractivity contribution in [2.75, 3.05) is 13.2 Å². The number of hydrogen-bond acceptors (Lipinski definition) is 2. The van der Waals surface area contributed by atoms with Gasteiger partial charge in [0.05, 0.1) is 5.60 Å². The number of ether oxygens (including phenoxy) is 1. The van der Waals surface area contributed by atoms with Crippen LogP contribution in [0.1, 0.15) is 27.2 Å². The Balaban J connectivity index is 3.51. The normalized spacial score (nSPS) is 11.2. The van der Waals surface area contributed by atoms with Gasteiger partial charge >= 0.3 is 0 Å². The first-order chi connectivity index (χ1) is 5.12. The van der Waals surface area contributed by atoms with Gasteiger partial charge < -0.3 is 10.1 Å². The van der Waals surface area contributed by atoms with Crippen molar-refractivity contribution >= 4 is 6.41 Å². The summed E-state index contributed by atoms with van der Waals surface area (Å²) in [5, 5.41) is 2.59. The van der Waals surface area contributed by atoms with E-state index < -0.39 is 0 Å². The Morgan fingerprint density at radius 2 is 2.18 bits per heavy atom. The molecule has 0 aromatic rings. The van der Waals surface area contributed by atoms with Gasteiger partial charge in [0.2, 0.25) is 6.41 Å². The topological polar surface area (TPSA) is 38.3 Å². The van der Waals surface area contributed by atoms with Gasteiger partial charge in [0.1, 0.15) is 0 Å². The number of carbonyl (C=O) groups is 1. The van der Waals surface area contributed by atoms with E-state index in [1.807, 2.05) is 13.8 Å². The highest BCUT2D eigenvalue weighted by atomic mass is 16.5. The van der Waals surface area contributed by atoms with E-state index in [0.717, 1.165) is 13.0 Å². The molecule has 1 N–H and O–H groups in total. The predicted octanol–water partition coefficient (Wildman–Crippen LogP) is 0.938. The molecule has 66 valence electrons. The second-order valence-corrected chi connectivity index (χ2v) is 3.11. The summed E-state index contributed by atoms with van der Waals surface area (Å²) in [7, 11) is 0. The molecular weight excluding hydrogens is 142 g/mol. The summed E-state index contributed by atoms with van der Waals surface area (Å²) in [6.07, 6.45) is 1.70. The molecule has 1 amide bonds. The lowest BCUT2D eigenvalue weighted by Gasteiger charge is -2.24. The Morgan fingerprint density at radius 1 is 1.55 bits per heavy atom. The van der Waals surface area contributed by atoms with Crippen molar-refractivity contribution in [1.82, 2.24) is 5.32 Å². The summed E-state index contributed by atoms with van der Waals surface area (Å²) in [6.45, 7) is 7.28. The maximum atomic E-state index is 9.96. The van der Waals surface area contributed by atoms with Crippen LogP contribution >= 0.6 is 0 Å². The van der Waals surface area contributed by atoms with Crippen LogP contribution in [0.4, 0.5) is 0 Å². The first-order valence-corrected chi connectivity index (χ1v) is 3.93. The van der Waals surface area contributed by atoms with Crippen molar-refractivity contribution < 1.29 is 9.53 Å². The van der Waals surface area contributed by atoms with E-state index in [1.54, 1.807) is 0 Å². The quantitative estimate of drug-likeness (QED) is 0.586. The summed E-state index contributed by atoms with van der Waals surface area (Å²) in [5.41, 5.74) is -0.239. The largest absolute Gasteiger partial charge is 0.374 e. The van der Waals surface area contributed by atoms with E-state index in [-0.39, 0.29) is 5.60 Å². The molecule has 0 saturated carbocycles. The summed E-state index contributed by atoms with van der Waals surface area (Å²) < 4.78 is 5.46. The van der Waals surface area contributed by atoms with Crippen LogP contribution in [0.5, 0.6) is 0 Å². The fraction of sp³-hybridized carbons (Fsp3) is 0.875. The Bertz CT molecular complexity index is 113. The average molecular weight is 159 g/mol. The van der Waals surface area contributed by atoms with Crippen LogP contribution in [0.15, 0.2) is 0 Å². The van der Waals surface area contributed by atoms with Gasteiger partial charge in [-0.05, 0) is 20.3 Å². The minimum Gasteiger partial charge on any atom is -0.374 e. The van der Waals surface area contributed by atoms with Crippen LogP contribution in [0.2, 0.25) is 0 Å². The van der Waals surface area contributed by atoms with Crippen molar-refractivity contribution in [3.63, 3.8) is 0 Å². The fourth-order valence-corrected chi connectivity index (χ4v) is 0.717. The first kappa shape index (κ1) is 10.4. The van der Waals surface area contributed by atoms with E-state index in [0.29, 0.717) is 13.0 Å². The third kappa shape index (κ3) is 5.85. The molecule has 3 nitrogen and oxygen atoms in total. The number of rotatable bonds is 6. The Morgan fingerprint density at radius 3 is 2.64 bits per heavy atom. The van der Waals surface area contributed by atoms with Crippen LogP contribution in [-0.4, -0.2) is 25.2 Å². The first-order valence-electron chi connectivity index (χ1n) is 3.93. The van der Waals surface area contributed by atoms with Gasteiger partial charge in [0, 0.05) is 13.2 Å². The van der Waals surface area contributed by atoms with E-state index in [9.17, 15) is 4.79 Å². The van der Waals surface area contributed by atoms with E-state index in [2.05, 4.69) is 12.2 Å². The molecule has 11 heavy (non-hydrogen) atoms. The molecule has 0 spiro atoms. The molecule has 3 heteroatoms. The second-order valence-electron chi connectivity index (χ2n) is 3.11. The van der Waals surface area contributed by atoms with Crippen molar-refractivity contribution in [3.05, 3.63) is 0 Å². The van der Waals surface area contributed by atoms with Crippen molar-refractivity contribution in [3.8, 4) is 0 Å². The van der Waals surface area contributed by atoms with E-state index >= 15 is 0 Å². The number of hydrogen-bond donors (Lipinski definition) is 1. The molecule has 0 atom stereocenters. The highest BCUT2D eigenvalue weighted by Crippen LogP contribution is 2.06. The number of carbonyl (C=O) groups excluding carboxylic acids is 1. The zero-order chi connectivity index (χ0) is 8.74. The lowest BCUT2D eigenvalue weighted by molar-refractivity contribution is -0.111. The standard InChI is InChI=1S/C8H17NO2/c1-4-5-11-8(2,3)6-9-7-10/h7H,4-6H2,1-3H3,(H,9,10). The predicted molar refractivity (Wildman–Crippen MR) is 44.4 cm³/mol. The fourth-order valence-electron chi connectivity index (χ4n) is 0.717. The van der Waals surface area contributed by atoms with Crippen LogP contribution in [0.25, 0.3) is 0 Å². The molecule has 0 aliphatic carbocycles. The molecule has 0 radical (unpaired) electrons. The Hall–Kier alpha value is -0.570.